The van der Waals surface area contributed by atoms with Gasteiger partial charge in [-0.15, -0.1) is 0 Å². The van der Waals surface area contributed by atoms with Crippen LogP contribution in [0.3, 0.4) is 0 Å². The smallest absolute Gasteiger partial charge is 0.138 e. The topological polar surface area (TPSA) is 49.8 Å². The Hall–Kier alpha value is -0.646. The SMILES string of the molecule is N#CSc1ccc(N)cc1.[Ni]. The van der Waals surface area contributed by atoms with E-state index < -0.39 is 0 Å². The molecule has 0 atom stereocenters. The van der Waals surface area contributed by atoms with E-state index >= 15 is 0 Å². The number of thioether (sulfide) groups is 1. The maximum atomic E-state index is 8.27. The quantitative estimate of drug-likeness (QED) is 0.332. The number of nitrogens with zero attached hydrogens (tertiary/aromatic N) is 1. The van der Waals surface area contributed by atoms with E-state index in [4.69, 9.17) is 11.0 Å². The third-order valence-corrected chi connectivity index (χ3v) is 1.64. The van der Waals surface area contributed by atoms with Gasteiger partial charge in [0.25, 0.3) is 0 Å². The van der Waals surface area contributed by atoms with Gasteiger partial charge in [-0.05, 0) is 36.0 Å². The van der Waals surface area contributed by atoms with Crippen LogP contribution in [0, 0.1) is 10.7 Å². The normalized spacial score (nSPS) is 7.91. The number of benzene rings is 1. The average molecular weight is 209 g/mol. The number of rotatable bonds is 1. The Bertz CT molecular complexity index is 252. The second-order valence-corrected chi connectivity index (χ2v) is 2.62. The van der Waals surface area contributed by atoms with Gasteiger partial charge < -0.3 is 5.73 Å². The second kappa shape index (κ2) is 5.06. The van der Waals surface area contributed by atoms with E-state index in [-0.39, 0.29) is 16.5 Å². The number of anilines is 1. The maximum Gasteiger partial charge on any atom is 0.138 e. The Morgan fingerprint density at radius 1 is 1.27 bits per heavy atom. The Morgan fingerprint density at radius 3 is 2.27 bits per heavy atom. The molecule has 1 rings (SSSR count). The molecule has 0 aliphatic rings. The summed E-state index contributed by atoms with van der Waals surface area (Å²) in [5, 5.41) is 10.2. The van der Waals surface area contributed by atoms with Crippen molar-refractivity contribution in [1.29, 1.82) is 5.26 Å². The monoisotopic (exact) mass is 208 g/mol. The fraction of sp³-hybridized carbons (Fsp3) is 0. The van der Waals surface area contributed by atoms with Crippen molar-refractivity contribution in [2.45, 2.75) is 4.90 Å². The van der Waals surface area contributed by atoms with Crippen molar-refractivity contribution < 1.29 is 16.5 Å². The summed E-state index contributed by atoms with van der Waals surface area (Å²) < 4.78 is 0. The molecule has 0 bridgehead atoms. The first-order valence-corrected chi connectivity index (χ1v) is 3.56. The van der Waals surface area contributed by atoms with Gasteiger partial charge in [-0.1, -0.05) is 0 Å². The Morgan fingerprint density at radius 2 is 1.82 bits per heavy atom. The minimum Gasteiger partial charge on any atom is -0.399 e. The van der Waals surface area contributed by atoms with E-state index in [2.05, 4.69) is 0 Å². The molecule has 1 aromatic rings. The van der Waals surface area contributed by atoms with Gasteiger partial charge in [0.05, 0.1) is 0 Å². The van der Waals surface area contributed by atoms with Crippen LogP contribution in [-0.2, 0) is 16.5 Å². The van der Waals surface area contributed by atoms with Gasteiger partial charge in [-0.2, -0.15) is 5.26 Å². The van der Waals surface area contributed by atoms with Crippen LogP contribution in [0.1, 0.15) is 0 Å². The summed E-state index contributed by atoms with van der Waals surface area (Å²) in [6.45, 7) is 0. The first-order chi connectivity index (χ1) is 4.83. The second-order valence-electron chi connectivity index (χ2n) is 1.76. The fourth-order valence-electron chi connectivity index (χ4n) is 0.589. The van der Waals surface area contributed by atoms with Crippen LogP contribution >= 0.6 is 11.8 Å². The molecule has 0 radical (unpaired) electrons. The van der Waals surface area contributed by atoms with Crippen molar-refractivity contribution in [2.24, 2.45) is 0 Å². The number of thiocyanates is 1. The number of nitriles is 1. The van der Waals surface area contributed by atoms with Crippen LogP contribution < -0.4 is 5.73 Å². The van der Waals surface area contributed by atoms with Crippen LogP contribution in [0.4, 0.5) is 5.69 Å². The average Bonchev–Trinajstić information content (AvgIpc) is 1.95. The molecule has 0 aliphatic carbocycles. The van der Waals surface area contributed by atoms with Crippen LogP contribution in [0.5, 0.6) is 0 Å². The van der Waals surface area contributed by atoms with Crippen molar-refractivity contribution in [1.82, 2.24) is 0 Å². The molecule has 1 aromatic carbocycles. The first-order valence-electron chi connectivity index (χ1n) is 2.74. The van der Waals surface area contributed by atoms with Gasteiger partial charge in [0.2, 0.25) is 0 Å². The molecule has 0 unspecified atom stereocenters. The van der Waals surface area contributed by atoms with Crippen LogP contribution in [0.25, 0.3) is 0 Å². The van der Waals surface area contributed by atoms with Gasteiger partial charge in [0, 0.05) is 27.1 Å². The van der Waals surface area contributed by atoms with Crippen molar-refractivity contribution in [3.8, 4) is 5.40 Å². The molecule has 0 saturated heterocycles. The molecule has 2 N–H and O–H groups in total. The molecule has 4 heteroatoms. The van der Waals surface area contributed by atoms with Crippen molar-refractivity contribution in [2.75, 3.05) is 5.73 Å². The predicted octanol–water partition coefficient (Wildman–Crippen LogP) is 1.84. The molecule has 11 heavy (non-hydrogen) atoms. The minimum absolute atomic E-state index is 0. The maximum absolute atomic E-state index is 8.27. The van der Waals surface area contributed by atoms with Gasteiger partial charge in [-0.3, -0.25) is 0 Å². The summed E-state index contributed by atoms with van der Waals surface area (Å²) in [7, 11) is 0. The molecule has 0 heterocycles. The summed E-state index contributed by atoms with van der Waals surface area (Å²) in [6, 6.07) is 7.20. The molecule has 0 spiro atoms. The minimum atomic E-state index is 0. The molecule has 60 valence electrons. The molecule has 0 aromatic heterocycles. The number of nitrogens with two attached hydrogens (primary N) is 1. The first kappa shape index (κ1) is 10.4. The number of nitrogen functional groups attached to an aromatic ring is 1. The van der Waals surface area contributed by atoms with E-state index in [0.29, 0.717) is 0 Å². The van der Waals surface area contributed by atoms with E-state index in [1.807, 2.05) is 17.5 Å². The van der Waals surface area contributed by atoms with Crippen LogP contribution in [-0.4, -0.2) is 0 Å². The van der Waals surface area contributed by atoms with Crippen molar-refractivity contribution in [3.63, 3.8) is 0 Å². The molecular formula is C7H6N2NiS. The van der Waals surface area contributed by atoms with Gasteiger partial charge >= 0.3 is 0 Å². The Balaban J connectivity index is 0.000001000. The molecule has 0 fully saturated rings. The molecular weight excluding hydrogens is 203 g/mol. The zero-order chi connectivity index (χ0) is 7.40. The summed E-state index contributed by atoms with van der Waals surface area (Å²) in [4.78, 5) is 0.928. The van der Waals surface area contributed by atoms with Gasteiger partial charge in [0.1, 0.15) is 5.40 Å². The van der Waals surface area contributed by atoms with Crippen molar-refractivity contribution >= 4 is 17.4 Å². The number of hydrogen-bond acceptors (Lipinski definition) is 3. The Labute approximate surface area is 79.7 Å². The summed E-state index contributed by atoms with van der Waals surface area (Å²) in [6.07, 6.45) is 0. The third-order valence-electron chi connectivity index (χ3n) is 1.04. The largest absolute Gasteiger partial charge is 0.399 e. The molecule has 0 saturated carbocycles. The zero-order valence-electron chi connectivity index (χ0n) is 5.56. The molecule has 0 aliphatic heterocycles. The van der Waals surface area contributed by atoms with Gasteiger partial charge in [-0.25, -0.2) is 0 Å². The van der Waals surface area contributed by atoms with E-state index in [1.54, 1.807) is 12.1 Å². The zero-order valence-corrected chi connectivity index (χ0v) is 7.36. The molecule has 2 nitrogen and oxygen atoms in total. The van der Waals surface area contributed by atoms with E-state index in [1.165, 1.54) is 0 Å². The van der Waals surface area contributed by atoms with Crippen molar-refractivity contribution in [3.05, 3.63) is 24.3 Å². The van der Waals surface area contributed by atoms with Crippen LogP contribution in [0.2, 0.25) is 0 Å². The summed E-state index contributed by atoms with van der Waals surface area (Å²) in [5.74, 6) is 0. The predicted molar refractivity (Wildman–Crippen MR) is 42.3 cm³/mol. The standard InChI is InChI=1S/C7H6N2S.Ni/c8-5-10-7-3-1-6(9)2-4-7;/h1-4H,9H2;. The van der Waals surface area contributed by atoms with Crippen LogP contribution in [0.15, 0.2) is 29.2 Å². The Kier molecular flexibility index (Phi) is 4.77. The summed E-state index contributed by atoms with van der Waals surface area (Å²) in [5.41, 5.74) is 6.16. The fourth-order valence-corrected chi connectivity index (χ4v) is 0.966. The van der Waals surface area contributed by atoms with Gasteiger partial charge in [0.15, 0.2) is 0 Å². The molecule has 0 amide bonds. The van der Waals surface area contributed by atoms with E-state index in [0.717, 1.165) is 22.3 Å². The third kappa shape index (κ3) is 3.31. The number of hydrogen-bond donors (Lipinski definition) is 1. The summed E-state index contributed by atoms with van der Waals surface area (Å²) >= 11 is 1.13. The van der Waals surface area contributed by atoms with E-state index in [9.17, 15) is 0 Å².